The SMILES string of the molecule is CC1SNCC1C=O. The second-order valence-electron chi connectivity index (χ2n) is 1.97. The second-order valence-corrected chi connectivity index (χ2v) is 3.24. The molecule has 1 heterocycles. The van der Waals surface area contributed by atoms with Crippen molar-refractivity contribution in [3.63, 3.8) is 0 Å². The van der Waals surface area contributed by atoms with Gasteiger partial charge in [-0.1, -0.05) is 18.9 Å². The van der Waals surface area contributed by atoms with E-state index in [1.54, 1.807) is 11.9 Å². The van der Waals surface area contributed by atoms with Crippen LogP contribution >= 0.6 is 11.9 Å². The Morgan fingerprint density at radius 2 is 2.62 bits per heavy atom. The molecule has 0 aromatic rings. The highest BCUT2D eigenvalue weighted by Crippen LogP contribution is 2.20. The molecule has 46 valence electrons. The first-order valence-electron chi connectivity index (χ1n) is 2.68. The fourth-order valence-electron chi connectivity index (χ4n) is 0.688. The number of hydrogen-bond donors (Lipinski definition) is 1. The highest BCUT2D eigenvalue weighted by Gasteiger charge is 2.22. The van der Waals surface area contributed by atoms with E-state index in [1.807, 2.05) is 0 Å². The number of nitrogens with one attached hydrogen (secondary N) is 1. The van der Waals surface area contributed by atoms with Crippen LogP contribution in [0.25, 0.3) is 0 Å². The molecule has 0 bridgehead atoms. The molecule has 0 aromatic carbocycles. The summed E-state index contributed by atoms with van der Waals surface area (Å²) in [5, 5.41) is 0.465. The molecule has 1 N–H and O–H groups in total. The van der Waals surface area contributed by atoms with Crippen molar-refractivity contribution in [3.05, 3.63) is 0 Å². The van der Waals surface area contributed by atoms with Crippen LogP contribution in [0.3, 0.4) is 0 Å². The van der Waals surface area contributed by atoms with E-state index in [4.69, 9.17) is 0 Å². The van der Waals surface area contributed by atoms with Crippen LogP contribution in [0, 0.1) is 5.92 Å². The summed E-state index contributed by atoms with van der Waals surface area (Å²) in [6.45, 7) is 2.90. The van der Waals surface area contributed by atoms with Gasteiger partial charge in [-0.2, -0.15) is 0 Å². The van der Waals surface area contributed by atoms with E-state index < -0.39 is 0 Å². The van der Waals surface area contributed by atoms with Gasteiger partial charge < -0.3 is 4.79 Å². The number of carbonyl (C=O) groups is 1. The third-order valence-electron chi connectivity index (χ3n) is 1.37. The van der Waals surface area contributed by atoms with Gasteiger partial charge in [-0.15, -0.1) is 0 Å². The van der Waals surface area contributed by atoms with Crippen molar-refractivity contribution in [2.45, 2.75) is 12.2 Å². The maximum atomic E-state index is 10.2. The summed E-state index contributed by atoms with van der Waals surface area (Å²) in [6.07, 6.45) is 1.03. The highest BCUT2D eigenvalue weighted by molar-refractivity contribution is 7.98. The van der Waals surface area contributed by atoms with Gasteiger partial charge in [0, 0.05) is 17.7 Å². The normalized spacial score (nSPS) is 37.6. The molecule has 2 unspecified atom stereocenters. The van der Waals surface area contributed by atoms with Crippen LogP contribution < -0.4 is 4.72 Å². The van der Waals surface area contributed by atoms with E-state index in [2.05, 4.69) is 11.6 Å². The van der Waals surface area contributed by atoms with Gasteiger partial charge in [-0.3, -0.25) is 4.72 Å². The van der Waals surface area contributed by atoms with E-state index in [9.17, 15) is 4.79 Å². The van der Waals surface area contributed by atoms with Crippen molar-refractivity contribution in [1.29, 1.82) is 0 Å². The predicted octanol–water partition coefficient (Wildman–Crippen LogP) is 0.441. The van der Waals surface area contributed by atoms with E-state index in [-0.39, 0.29) is 5.92 Å². The lowest BCUT2D eigenvalue weighted by Gasteiger charge is -2.00. The van der Waals surface area contributed by atoms with Crippen LogP contribution in [-0.2, 0) is 4.79 Å². The van der Waals surface area contributed by atoms with Crippen LogP contribution in [0.15, 0.2) is 0 Å². The summed E-state index contributed by atoms with van der Waals surface area (Å²) in [5.74, 6) is 0.236. The topological polar surface area (TPSA) is 29.1 Å². The minimum Gasteiger partial charge on any atom is -0.303 e. The van der Waals surface area contributed by atoms with E-state index in [0.29, 0.717) is 5.25 Å². The summed E-state index contributed by atoms with van der Waals surface area (Å²) >= 11 is 1.65. The van der Waals surface area contributed by atoms with Crippen molar-refractivity contribution < 1.29 is 4.79 Å². The molecule has 1 rings (SSSR count). The molecule has 0 aromatic heterocycles. The van der Waals surface area contributed by atoms with Gasteiger partial charge >= 0.3 is 0 Å². The van der Waals surface area contributed by atoms with Crippen LogP contribution in [0.4, 0.5) is 0 Å². The lowest BCUT2D eigenvalue weighted by molar-refractivity contribution is -0.110. The average molecular weight is 131 g/mol. The number of carbonyl (C=O) groups excluding carboxylic acids is 1. The van der Waals surface area contributed by atoms with Gasteiger partial charge in [0.2, 0.25) is 0 Å². The Labute approximate surface area is 53.2 Å². The molecule has 1 aliphatic rings. The fourth-order valence-corrected chi connectivity index (χ4v) is 1.57. The standard InChI is InChI=1S/C5H9NOS/c1-4-5(3-7)2-6-8-4/h3-6H,2H2,1H3. The first-order chi connectivity index (χ1) is 3.84. The molecule has 0 saturated carbocycles. The maximum Gasteiger partial charge on any atom is 0.125 e. The van der Waals surface area contributed by atoms with Crippen LogP contribution in [0.5, 0.6) is 0 Å². The van der Waals surface area contributed by atoms with Crippen LogP contribution in [0.1, 0.15) is 6.92 Å². The molecule has 1 saturated heterocycles. The highest BCUT2D eigenvalue weighted by atomic mass is 32.2. The zero-order valence-electron chi connectivity index (χ0n) is 4.76. The minimum absolute atomic E-state index is 0.236. The molecule has 2 nitrogen and oxygen atoms in total. The van der Waals surface area contributed by atoms with Crippen molar-refractivity contribution in [2.75, 3.05) is 6.54 Å². The van der Waals surface area contributed by atoms with Crippen molar-refractivity contribution in [1.82, 2.24) is 4.72 Å². The van der Waals surface area contributed by atoms with Gasteiger partial charge in [-0.25, -0.2) is 0 Å². The molecule has 0 amide bonds. The Bertz CT molecular complexity index is 96.4. The quantitative estimate of drug-likeness (QED) is 0.413. The van der Waals surface area contributed by atoms with Crippen molar-refractivity contribution >= 4 is 18.2 Å². The van der Waals surface area contributed by atoms with E-state index in [1.165, 1.54) is 0 Å². The Morgan fingerprint density at radius 3 is 2.88 bits per heavy atom. The zero-order chi connectivity index (χ0) is 5.98. The number of rotatable bonds is 1. The molecule has 0 aliphatic carbocycles. The summed E-state index contributed by atoms with van der Waals surface area (Å²) < 4.78 is 3.06. The van der Waals surface area contributed by atoms with Crippen LogP contribution in [0.2, 0.25) is 0 Å². The molecule has 1 fully saturated rings. The molecule has 0 radical (unpaired) electrons. The Balaban J connectivity index is 2.41. The molecule has 0 spiro atoms. The Kier molecular flexibility index (Phi) is 1.91. The Morgan fingerprint density at radius 1 is 1.88 bits per heavy atom. The van der Waals surface area contributed by atoms with Gasteiger partial charge in [0.05, 0.1) is 0 Å². The molecular formula is C5H9NOS. The third-order valence-corrected chi connectivity index (χ3v) is 2.42. The maximum absolute atomic E-state index is 10.2. The molecule has 1 aliphatic heterocycles. The minimum atomic E-state index is 0.236. The van der Waals surface area contributed by atoms with Gasteiger partial charge in [0.15, 0.2) is 0 Å². The molecule has 3 heteroatoms. The second kappa shape index (κ2) is 2.51. The lowest BCUT2D eigenvalue weighted by Crippen LogP contribution is -2.13. The van der Waals surface area contributed by atoms with E-state index >= 15 is 0 Å². The van der Waals surface area contributed by atoms with Crippen molar-refractivity contribution in [3.8, 4) is 0 Å². The summed E-state index contributed by atoms with van der Waals surface area (Å²) in [4.78, 5) is 10.2. The number of hydrogen-bond acceptors (Lipinski definition) is 3. The molecule has 2 atom stereocenters. The van der Waals surface area contributed by atoms with E-state index in [0.717, 1.165) is 12.8 Å². The smallest absolute Gasteiger partial charge is 0.125 e. The summed E-state index contributed by atoms with van der Waals surface area (Å²) in [7, 11) is 0. The largest absolute Gasteiger partial charge is 0.303 e. The first kappa shape index (κ1) is 6.11. The zero-order valence-corrected chi connectivity index (χ0v) is 5.57. The van der Waals surface area contributed by atoms with Crippen molar-refractivity contribution in [2.24, 2.45) is 5.92 Å². The molecule has 8 heavy (non-hydrogen) atoms. The van der Waals surface area contributed by atoms with Gasteiger partial charge in [0.1, 0.15) is 6.29 Å². The monoisotopic (exact) mass is 131 g/mol. The first-order valence-corrected chi connectivity index (χ1v) is 3.56. The van der Waals surface area contributed by atoms with Gasteiger partial charge in [-0.05, 0) is 0 Å². The summed E-state index contributed by atoms with van der Waals surface area (Å²) in [6, 6.07) is 0. The van der Waals surface area contributed by atoms with Gasteiger partial charge in [0.25, 0.3) is 0 Å². The number of aldehydes is 1. The fraction of sp³-hybridized carbons (Fsp3) is 0.800. The lowest BCUT2D eigenvalue weighted by atomic mass is 10.1. The van der Waals surface area contributed by atoms with Crippen LogP contribution in [-0.4, -0.2) is 18.1 Å². The summed E-state index contributed by atoms with van der Waals surface area (Å²) in [5.41, 5.74) is 0. The predicted molar refractivity (Wildman–Crippen MR) is 34.6 cm³/mol. The molecular weight excluding hydrogens is 122 g/mol. The third kappa shape index (κ3) is 1.03. The Hall–Kier alpha value is -0.0200. The average Bonchev–Trinajstić information content (AvgIpc) is 2.14.